The van der Waals surface area contributed by atoms with Crippen LogP contribution in [0.25, 0.3) is 0 Å². The van der Waals surface area contributed by atoms with E-state index >= 15 is 0 Å². The second-order valence-electron chi connectivity index (χ2n) is 5.43. The van der Waals surface area contributed by atoms with Gasteiger partial charge in [0.1, 0.15) is 5.75 Å². The zero-order valence-corrected chi connectivity index (χ0v) is 13.4. The minimum absolute atomic E-state index is 0.258. The average molecular weight is 311 g/mol. The van der Waals surface area contributed by atoms with Gasteiger partial charge < -0.3 is 9.29 Å². The van der Waals surface area contributed by atoms with Gasteiger partial charge >= 0.3 is 0 Å². The third-order valence-corrected chi connectivity index (χ3v) is 4.55. The highest BCUT2D eigenvalue weighted by Crippen LogP contribution is 2.30. The van der Waals surface area contributed by atoms with Gasteiger partial charge in [0.05, 0.1) is 23.7 Å². The first kappa shape index (κ1) is 16.3. The lowest BCUT2D eigenvalue weighted by Crippen LogP contribution is -2.09. The summed E-state index contributed by atoms with van der Waals surface area (Å²) in [5, 5.41) is 0. The third-order valence-electron chi connectivity index (χ3n) is 3.44. The second-order valence-corrected chi connectivity index (χ2v) is 6.66. The molecule has 0 aromatic heterocycles. The zero-order chi connectivity index (χ0) is 15.2. The molecule has 1 aromatic rings. The predicted octanol–water partition coefficient (Wildman–Crippen LogP) is 3.89. The molecule has 0 radical (unpaired) electrons. The van der Waals surface area contributed by atoms with Crippen molar-refractivity contribution >= 4 is 17.1 Å². The van der Waals surface area contributed by atoms with Gasteiger partial charge in [-0.2, -0.15) is 0 Å². The molecule has 0 bridgehead atoms. The predicted molar refractivity (Wildman–Crippen MR) is 84.7 cm³/mol. The van der Waals surface area contributed by atoms with Crippen molar-refractivity contribution in [2.24, 2.45) is 10.3 Å². The van der Waals surface area contributed by atoms with Gasteiger partial charge in [-0.25, -0.2) is 4.39 Å². The maximum absolute atomic E-state index is 14.4. The molecule has 21 heavy (non-hydrogen) atoms. The van der Waals surface area contributed by atoms with Crippen LogP contribution in [0.1, 0.15) is 45.1 Å². The second kappa shape index (κ2) is 7.80. The Hall–Kier alpha value is -1.07. The number of unbranched alkanes of at least 4 members (excludes halogenated alkanes) is 1. The fourth-order valence-electron chi connectivity index (χ4n) is 1.91. The number of rotatable bonds is 8. The Balaban J connectivity index is 2.06. The molecular formula is C16H22FNO2S. The number of hydrogen-bond acceptors (Lipinski definition) is 3. The number of benzene rings is 1. The summed E-state index contributed by atoms with van der Waals surface area (Å²) in [6.45, 7) is 4.29. The van der Waals surface area contributed by atoms with E-state index in [0.717, 1.165) is 25.7 Å². The van der Waals surface area contributed by atoms with Crippen LogP contribution in [-0.2, 0) is 11.4 Å². The normalized spacial score (nSPS) is 16.9. The summed E-state index contributed by atoms with van der Waals surface area (Å²) in [6.07, 6.45) is 4.16. The summed E-state index contributed by atoms with van der Waals surface area (Å²) in [5.41, 5.74) is 0.826. The maximum Gasteiger partial charge on any atom is 0.174 e. The van der Waals surface area contributed by atoms with E-state index in [1.54, 1.807) is 25.1 Å². The van der Waals surface area contributed by atoms with E-state index in [2.05, 4.69) is 4.40 Å². The van der Waals surface area contributed by atoms with Crippen LogP contribution in [-0.4, -0.2) is 22.6 Å². The molecule has 3 nitrogen and oxygen atoms in total. The van der Waals surface area contributed by atoms with Gasteiger partial charge in [0.25, 0.3) is 0 Å². The lowest BCUT2D eigenvalue weighted by Gasteiger charge is -2.10. The van der Waals surface area contributed by atoms with Crippen LogP contribution in [0.3, 0.4) is 0 Å². The van der Waals surface area contributed by atoms with Crippen molar-refractivity contribution in [2.45, 2.75) is 39.5 Å². The standard InChI is InChI=1S/C16H22FNO2S/c1-3-4-10-21(19)18-12(2)14-6-5-7-15(16(14)17)20-11-13-8-9-13/h5-7,13H,3-4,8-11H2,1-2H3/b18-12+/t21-/m0/s1. The monoisotopic (exact) mass is 311 g/mol. The van der Waals surface area contributed by atoms with Gasteiger partial charge in [0, 0.05) is 5.56 Å². The molecule has 1 aliphatic carbocycles. The number of ether oxygens (including phenoxy) is 1. The number of halogens is 1. The lowest BCUT2D eigenvalue weighted by molar-refractivity contribution is 0.285. The summed E-state index contributed by atoms with van der Waals surface area (Å²) in [6, 6.07) is 5.02. The van der Waals surface area contributed by atoms with E-state index in [0.29, 0.717) is 29.6 Å². The first-order chi connectivity index (χ1) is 10.1. The highest BCUT2D eigenvalue weighted by molar-refractivity contribution is 7.90. The van der Waals surface area contributed by atoms with Crippen molar-refractivity contribution in [1.29, 1.82) is 0 Å². The quantitative estimate of drug-likeness (QED) is 0.540. The minimum atomic E-state index is -1.29. The van der Waals surface area contributed by atoms with Crippen LogP contribution in [0.2, 0.25) is 0 Å². The Morgan fingerprint density at radius 2 is 2.24 bits per heavy atom. The van der Waals surface area contributed by atoms with Crippen LogP contribution < -0.4 is 4.74 Å². The smallest absolute Gasteiger partial charge is 0.174 e. The summed E-state index contributed by atoms with van der Waals surface area (Å²) < 4.78 is 35.8. The van der Waals surface area contributed by atoms with Crippen molar-refractivity contribution in [1.82, 2.24) is 0 Å². The van der Waals surface area contributed by atoms with Crippen molar-refractivity contribution < 1.29 is 13.7 Å². The van der Waals surface area contributed by atoms with Crippen molar-refractivity contribution in [2.75, 3.05) is 12.4 Å². The van der Waals surface area contributed by atoms with Crippen LogP contribution >= 0.6 is 0 Å². The summed E-state index contributed by atoms with van der Waals surface area (Å²) in [7, 11) is 0. The summed E-state index contributed by atoms with van der Waals surface area (Å²) in [5.74, 6) is 0.942. The highest BCUT2D eigenvalue weighted by atomic mass is 32.2. The largest absolute Gasteiger partial charge is 0.591 e. The van der Waals surface area contributed by atoms with E-state index < -0.39 is 17.2 Å². The van der Waals surface area contributed by atoms with E-state index in [-0.39, 0.29) is 5.75 Å². The SMILES string of the molecule is CCCC[S@+]([O-])/N=C(\C)c1cccc(OCC2CC2)c1F. The van der Waals surface area contributed by atoms with Crippen molar-refractivity contribution in [3.8, 4) is 5.75 Å². The summed E-state index contributed by atoms with van der Waals surface area (Å²) >= 11 is -1.29. The Kier molecular flexibility index (Phi) is 6.06. The van der Waals surface area contributed by atoms with Gasteiger partial charge in [-0.3, -0.25) is 0 Å². The van der Waals surface area contributed by atoms with Crippen LogP contribution in [0.15, 0.2) is 22.6 Å². The van der Waals surface area contributed by atoms with Crippen molar-refractivity contribution in [3.05, 3.63) is 29.6 Å². The van der Waals surface area contributed by atoms with E-state index in [1.165, 1.54) is 0 Å². The third kappa shape index (κ3) is 5.00. The minimum Gasteiger partial charge on any atom is -0.591 e. The van der Waals surface area contributed by atoms with Gasteiger partial charge in [-0.05, 0) is 44.2 Å². The lowest BCUT2D eigenvalue weighted by atomic mass is 10.1. The molecule has 1 atom stereocenters. The van der Waals surface area contributed by atoms with Gasteiger partial charge in [0.2, 0.25) is 0 Å². The maximum atomic E-state index is 14.4. The van der Waals surface area contributed by atoms with E-state index in [9.17, 15) is 8.94 Å². The van der Waals surface area contributed by atoms with Gasteiger partial charge in [0.15, 0.2) is 11.6 Å². The fourth-order valence-corrected chi connectivity index (χ4v) is 2.94. The Morgan fingerprint density at radius 3 is 2.90 bits per heavy atom. The molecule has 0 heterocycles. The van der Waals surface area contributed by atoms with E-state index in [4.69, 9.17) is 4.74 Å². The molecule has 0 amide bonds. The van der Waals surface area contributed by atoms with Crippen LogP contribution in [0.5, 0.6) is 5.75 Å². The average Bonchev–Trinajstić information content (AvgIpc) is 3.28. The molecule has 116 valence electrons. The van der Waals surface area contributed by atoms with Gasteiger partial charge in [-0.15, -0.1) is 0 Å². The Morgan fingerprint density at radius 1 is 1.48 bits per heavy atom. The molecule has 0 N–H and O–H groups in total. The zero-order valence-electron chi connectivity index (χ0n) is 12.6. The Labute approximate surface area is 128 Å². The fraction of sp³-hybridized carbons (Fsp3) is 0.562. The molecule has 0 spiro atoms. The molecular weight excluding hydrogens is 289 g/mol. The molecule has 0 aliphatic heterocycles. The molecule has 1 aliphatic rings. The topological polar surface area (TPSA) is 44.7 Å². The molecule has 1 fully saturated rings. The van der Waals surface area contributed by atoms with Crippen molar-refractivity contribution in [3.63, 3.8) is 0 Å². The molecule has 1 saturated carbocycles. The summed E-state index contributed by atoms with van der Waals surface area (Å²) in [4.78, 5) is 0. The van der Waals surface area contributed by atoms with E-state index in [1.807, 2.05) is 6.92 Å². The molecule has 1 aromatic carbocycles. The Bertz CT molecular complexity index is 503. The first-order valence-corrected chi connectivity index (χ1v) is 8.75. The van der Waals surface area contributed by atoms with Gasteiger partial charge in [-0.1, -0.05) is 23.8 Å². The first-order valence-electron chi connectivity index (χ1n) is 7.47. The molecule has 2 rings (SSSR count). The van der Waals surface area contributed by atoms with Crippen LogP contribution in [0, 0.1) is 11.7 Å². The molecule has 0 unspecified atom stereocenters. The highest BCUT2D eigenvalue weighted by Gasteiger charge is 2.23. The number of nitrogens with zero attached hydrogens (tertiary/aromatic N) is 1. The molecule has 0 saturated heterocycles. The van der Waals surface area contributed by atoms with Crippen LogP contribution in [0.4, 0.5) is 4.39 Å². The number of hydrogen-bond donors (Lipinski definition) is 0. The molecule has 5 heteroatoms.